The van der Waals surface area contributed by atoms with Crippen LogP contribution in [0.3, 0.4) is 0 Å². The van der Waals surface area contributed by atoms with Crippen LogP contribution in [0.25, 0.3) is 0 Å². The first-order chi connectivity index (χ1) is 6.27. The number of anilines is 1. The van der Waals surface area contributed by atoms with Gasteiger partial charge in [-0.3, -0.25) is 4.99 Å². The van der Waals surface area contributed by atoms with E-state index in [9.17, 15) is 4.79 Å². The van der Waals surface area contributed by atoms with Crippen molar-refractivity contribution in [1.29, 1.82) is 0 Å². The van der Waals surface area contributed by atoms with Gasteiger partial charge in [0.1, 0.15) is 5.82 Å². The van der Waals surface area contributed by atoms with Crippen LogP contribution in [-0.4, -0.2) is 28.6 Å². The molecule has 68 valence electrons. The lowest BCUT2D eigenvalue weighted by molar-refractivity contribution is 0.900. The van der Waals surface area contributed by atoms with Crippen LogP contribution in [0.1, 0.15) is 0 Å². The van der Waals surface area contributed by atoms with Gasteiger partial charge in [-0.05, 0) is 6.07 Å². The zero-order chi connectivity index (χ0) is 9.26. The Morgan fingerprint density at radius 2 is 2.46 bits per heavy atom. The van der Waals surface area contributed by atoms with Gasteiger partial charge >= 0.3 is 5.69 Å². The monoisotopic (exact) mass is 179 g/mol. The summed E-state index contributed by atoms with van der Waals surface area (Å²) in [7, 11) is 0. The van der Waals surface area contributed by atoms with E-state index in [1.54, 1.807) is 12.3 Å². The Hall–Kier alpha value is -1.85. The number of hydrogen-bond acceptors (Lipinski definition) is 5. The first kappa shape index (κ1) is 7.78. The molecule has 0 aromatic carbocycles. The maximum Gasteiger partial charge on any atom is 0.356 e. The quantitative estimate of drug-likeness (QED) is 0.514. The number of nitrogens with zero attached hydrogens (tertiary/aromatic N) is 3. The Morgan fingerprint density at radius 1 is 1.62 bits per heavy atom. The average molecular weight is 179 g/mol. The van der Waals surface area contributed by atoms with Gasteiger partial charge in [0.25, 0.3) is 0 Å². The molecule has 2 rings (SSSR count). The van der Waals surface area contributed by atoms with Gasteiger partial charge in [-0.2, -0.15) is 4.98 Å². The number of nitrogens with one attached hydrogen (secondary N) is 1. The maximum absolute atomic E-state index is 11.3. The molecule has 6 nitrogen and oxygen atoms in total. The first-order valence-electron chi connectivity index (χ1n) is 3.91. The van der Waals surface area contributed by atoms with E-state index in [1.165, 1.54) is 4.57 Å². The highest BCUT2D eigenvalue weighted by molar-refractivity contribution is 5.83. The molecule has 0 amide bonds. The van der Waals surface area contributed by atoms with E-state index in [-0.39, 0.29) is 5.82 Å². The van der Waals surface area contributed by atoms with Crippen LogP contribution < -0.4 is 16.7 Å². The van der Waals surface area contributed by atoms with Gasteiger partial charge in [0.05, 0.1) is 6.54 Å². The van der Waals surface area contributed by atoms with Crippen molar-refractivity contribution >= 4 is 11.8 Å². The summed E-state index contributed by atoms with van der Waals surface area (Å²) >= 11 is 0. The predicted molar refractivity (Wildman–Crippen MR) is 48.6 cm³/mol. The first-order valence-corrected chi connectivity index (χ1v) is 3.91. The van der Waals surface area contributed by atoms with E-state index < -0.39 is 5.69 Å². The predicted octanol–water partition coefficient (Wildman–Crippen LogP) is -1.37. The van der Waals surface area contributed by atoms with Gasteiger partial charge in [-0.15, -0.1) is 0 Å². The normalized spacial score (nSPS) is 15.2. The van der Waals surface area contributed by atoms with Crippen molar-refractivity contribution in [2.24, 2.45) is 4.99 Å². The molecular weight excluding hydrogens is 170 g/mol. The molecule has 3 N–H and O–H groups in total. The van der Waals surface area contributed by atoms with Gasteiger partial charge in [0.2, 0.25) is 5.96 Å². The van der Waals surface area contributed by atoms with Crippen LogP contribution in [0.15, 0.2) is 22.1 Å². The van der Waals surface area contributed by atoms with E-state index >= 15 is 0 Å². The molecule has 0 saturated heterocycles. The molecule has 13 heavy (non-hydrogen) atoms. The van der Waals surface area contributed by atoms with Crippen molar-refractivity contribution in [2.75, 3.05) is 18.8 Å². The summed E-state index contributed by atoms with van der Waals surface area (Å²) in [4.78, 5) is 18.9. The van der Waals surface area contributed by atoms with Crippen molar-refractivity contribution in [2.45, 2.75) is 0 Å². The Labute approximate surface area is 74.1 Å². The fraction of sp³-hybridized carbons (Fsp3) is 0.286. The molecule has 1 aromatic heterocycles. The average Bonchev–Trinajstić information content (AvgIpc) is 2.56. The molecule has 0 aliphatic carbocycles. The fourth-order valence-electron chi connectivity index (χ4n) is 1.12. The van der Waals surface area contributed by atoms with Crippen LogP contribution in [0, 0.1) is 0 Å². The van der Waals surface area contributed by atoms with Crippen molar-refractivity contribution < 1.29 is 0 Å². The lowest BCUT2D eigenvalue weighted by Gasteiger charge is -2.03. The standard InChI is InChI=1S/C7H9N5O/c8-5-1-4-12(7(13)11-5)6-9-2-3-10-6/h1,4H,2-3H2,(H,9,10)(H2,8,11,13). The zero-order valence-corrected chi connectivity index (χ0v) is 6.90. The summed E-state index contributed by atoms with van der Waals surface area (Å²) in [6.45, 7) is 1.44. The number of aliphatic imine (C=N–C) groups is 1. The minimum absolute atomic E-state index is 0.222. The van der Waals surface area contributed by atoms with Gasteiger partial charge in [0, 0.05) is 12.7 Å². The van der Waals surface area contributed by atoms with Gasteiger partial charge in [0.15, 0.2) is 0 Å². The van der Waals surface area contributed by atoms with E-state index in [0.717, 1.165) is 6.54 Å². The van der Waals surface area contributed by atoms with Crippen molar-refractivity contribution in [3.63, 3.8) is 0 Å². The Kier molecular flexibility index (Phi) is 1.73. The SMILES string of the molecule is Nc1ccn(C2=NCCN2)c(=O)n1. The van der Waals surface area contributed by atoms with Crippen molar-refractivity contribution in [3.8, 4) is 0 Å². The van der Waals surface area contributed by atoms with E-state index in [1.807, 2.05) is 0 Å². The van der Waals surface area contributed by atoms with Crippen molar-refractivity contribution in [3.05, 3.63) is 22.7 Å². The van der Waals surface area contributed by atoms with Crippen LogP contribution in [0.2, 0.25) is 0 Å². The molecule has 6 heteroatoms. The molecule has 0 radical (unpaired) electrons. The smallest absolute Gasteiger partial charge is 0.356 e. The summed E-state index contributed by atoms with van der Waals surface area (Å²) in [5.41, 5.74) is 4.93. The molecule has 2 heterocycles. The molecular formula is C7H9N5O. The Balaban J connectivity index is 2.46. The highest BCUT2D eigenvalue weighted by atomic mass is 16.1. The highest BCUT2D eigenvalue weighted by Gasteiger charge is 2.08. The zero-order valence-electron chi connectivity index (χ0n) is 6.90. The summed E-state index contributed by atoms with van der Waals surface area (Å²) in [6.07, 6.45) is 1.56. The molecule has 0 atom stereocenters. The molecule has 0 bridgehead atoms. The second kappa shape index (κ2) is 2.89. The Morgan fingerprint density at radius 3 is 3.08 bits per heavy atom. The topological polar surface area (TPSA) is 85.3 Å². The summed E-state index contributed by atoms with van der Waals surface area (Å²) in [5.74, 6) is 0.761. The molecule has 0 saturated carbocycles. The Bertz CT molecular complexity index is 408. The summed E-state index contributed by atoms with van der Waals surface area (Å²) < 4.78 is 1.34. The van der Waals surface area contributed by atoms with Gasteiger partial charge in [-0.1, -0.05) is 0 Å². The summed E-state index contributed by atoms with van der Waals surface area (Å²) in [6, 6.07) is 1.56. The molecule has 1 aliphatic heterocycles. The largest absolute Gasteiger partial charge is 0.383 e. The van der Waals surface area contributed by atoms with E-state index in [2.05, 4.69) is 15.3 Å². The number of nitrogen functional groups attached to an aromatic ring is 1. The van der Waals surface area contributed by atoms with Crippen LogP contribution in [0.5, 0.6) is 0 Å². The van der Waals surface area contributed by atoms with Gasteiger partial charge < -0.3 is 11.1 Å². The number of aromatic nitrogens is 2. The maximum atomic E-state index is 11.3. The summed E-state index contributed by atoms with van der Waals surface area (Å²) in [5, 5.41) is 2.97. The molecule has 0 fully saturated rings. The van der Waals surface area contributed by atoms with Crippen LogP contribution in [0.4, 0.5) is 5.82 Å². The molecule has 0 spiro atoms. The van der Waals surface area contributed by atoms with Crippen LogP contribution >= 0.6 is 0 Å². The number of hydrogen-bond donors (Lipinski definition) is 2. The fourth-order valence-corrected chi connectivity index (χ4v) is 1.12. The third kappa shape index (κ3) is 1.37. The highest BCUT2D eigenvalue weighted by Crippen LogP contribution is 1.91. The van der Waals surface area contributed by atoms with E-state index in [0.29, 0.717) is 12.5 Å². The number of rotatable bonds is 0. The minimum atomic E-state index is -0.409. The van der Waals surface area contributed by atoms with Gasteiger partial charge in [-0.25, -0.2) is 9.36 Å². The third-order valence-corrected chi connectivity index (χ3v) is 1.71. The second-order valence-electron chi connectivity index (χ2n) is 2.64. The molecule has 1 aliphatic rings. The third-order valence-electron chi connectivity index (χ3n) is 1.71. The van der Waals surface area contributed by atoms with E-state index in [4.69, 9.17) is 5.73 Å². The molecule has 0 unspecified atom stereocenters. The lowest BCUT2D eigenvalue weighted by atomic mass is 10.6. The lowest BCUT2D eigenvalue weighted by Crippen LogP contribution is -2.35. The second-order valence-corrected chi connectivity index (χ2v) is 2.64. The number of nitrogens with two attached hydrogens (primary N) is 1. The molecule has 1 aromatic rings. The minimum Gasteiger partial charge on any atom is -0.383 e. The van der Waals surface area contributed by atoms with Crippen molar-refractivity contribution in [1.82, 2.24) is 14.9 Å². The van der Waals surface area contributed by atoms with Crippen LogP contribution in [-0.2, 0) is 0 Å².